The fraction of sp³-hybridized carbons (Fsp3) is 0.0588. The van der Waals surface area contributed by atoms with Crippen molar-refractivity contribution in [3.8, 4) is 11.1 Å². The molecule has 24 heavy (non-hydrogen) atoms. The number of benzene rings is 1. The van der Waals surface area contributed by atoms with Crippen LogP contribution >= 0.6 is 0 Å². The lowest BCUT2D eigenvalue weighted by Crippen LogP contribution is -2.32. The summed E-state index contributed by atoms with van der Waals surface area (Å²) in [6.07, 6.45) is 3.17. The third kappa shape index (κ3) is 2.52. The number of fused-ring (bicyclic) bond motifs is 1. The molecule has 120 valence electrons. The molecular formula is C17H12N2O5. The molecule has 0 spiro atoms. The van der Waals surface area contributed by atoms with Gasteiger partial charge in [-0.05, 0) is 11.6 Å². The van der Waals surface area contributed by atoms with Crippen molar-refractivity contribution in [1.82, 2.24) is 10.3 Å². The number of aliphatic carboxylic acids is 1. The number of aromatic nitrogens is 1. The zero-order valence-corrected chi connectivity index (χ0v) is 12.3. The van der Waals surface area contributed by atoms with Gasteiger partial charge in [-0.3, -0.25) is 19.4 Å². The highest BCUT2D eigenvalue weighted by Gasteiger charge is 2.36. The number of aliphatic hydroxyl groups is 1. The summed E-state index contributed by atoms with van der Waals surface area (Å²) in [6, 6.07) is 8.34. The summed E-state index contributed by atoms with van der Waals surface area (Å²) >= 11 is 0. The maximum absolute atomic E-state index is 12.4. The van der Waals surface area contributed by atoms with Crippen LogP contribution in [0.1, 0.15) is 15.9 Å². The number of carboxylic acid groups (broad SMARTS) is 1. The Kier molecular flexibility index (Phi) is 3.83. The van der Waals surface area contributed by atoms with Gasteiger partial charge in [0, 0.05) is 29.1 Å². The van der Waals surface area contributed by atoms with E-state index in [0.717, 1.165) is 0 Å². The minimum atomic E-state index is -1.25. The van der Waals surface area contributed by atoms with E-state index in [1.807, 2.05) is 0 Å². The molecule has 1 heterocycles. The SMILES string of the molecule is O=C(O)CNC(=O)C1=C(O)c2c(cccc2-c2cccnc2)C1=O. The van der Waals surface area contributed by atoms with Gasteiger partial charge >= 0.3 is 5.97 Å². The predicted molar refractivity (Wildman–Crippen MR) is 84.2 cm³/mol. The molecule has 2 aromatic rings. The highest BCUT2D eigenvalue weighted by atomic mass is 16.4. The molecule has 1 aliphatic rings. The van der Waals surface area contributed by atoms with E-state index < -0.39 is 35.5 Å². The number of nitrogens with zero attached hydrogens (tertiary/aromatic N) is 1. The molecule has 0 atom stereocenters. The van der Waals surface area contributed by atoms with Crippen molar-refractivity contribution in [1.29, 1.82) is 0 Å². The van der Waals surface area contributed by atoms with Gasteiger partial charge in [0.2, 0.25) is 5.78 Å². The third-order valence-electron chi connectivity index (χ3n) is 3.61. The maximum atomic E-state index is 12.4. The quantitative estimate of drug-likeness (QED) is 0.732. The molecule has 0 unspecified atom stereocenters. The molecule has 3 rings (SSSR count). The van der Waals surface area contributed by atoms with Gasteiger partial charge in [0.25, 0.3) is 5.91 Å². The van der Waals surface area contributed by atoms with Crippen molar-refractivity contribution in [2.24, 2.45) is 0 Å². The number of pyridine rings is 1. The van der Waals surface area contributed by atoms with Gasteiger partial charge in [0.05, 0.1) is 0 Å². The maximum Gasteiger partial charge on any atom is 0.322 e. The Morgan fingerprint density at radius 1 is 1.12 bits per heavy atom. The van der Waals surface area contributed by atoms with Crippen LogP contribution in [0.15, 0.2) is 48.3 Å². The zero-order valence-electron chi connectivity index (χ0n) is 12.3. The second-order valence-corrected chi connectivity index (χ2v) is 5.10. The monoisotopic (exact) mass is 324 g/mol. The molecule has 0 radical (unpaired) electrons. The van der Waals surface area contributed by atoms with Crippen LogP contribution in [0.2, 0.25) is 0 Å². The van der Waals surface area contributed by atoms with Gasteiger partial charge in [0.1, 0.15) is 17.9 Å². The van der Waals surface area contributed by atoms with Gasteiger partial charge in [-0.15, -0.1) is 0 Å². The number of carbonyl (C=O) groups excluding carboxylic acids is 2. The molecule has 1 aliphatic carbocycles. The fourth-order valence-electron chi connectivity index (χ4n) is 2.58. The first-order valence-electron chi connectivity index (χ1n) is 7.02. The van der Waals surface area contributed by atoms with E-state index in [-0.39, 0.29) is 11.1 Å². The Bertz CT molecular complexity index is 887. The fourth-order valence-corrected chi connectivity index (χ4v) is 2.58. The lowest BCUT2D eigenvalue weighted by Gasteiger charge is -2.08. The number of nitrogens with one attached hydrogen (secondary N) is 1. The number of hydrogen-bond acceptors (Lipinski definition) is 5. The molecule has 1 aromatic carbocycles. The van der Waals surface area contributed by atoms with E-state index in [9.17, 15) is 19.5 Å². The number of Topliss-reactive ketones (excluding diaryl/α,β-unsaturated/α-hetero) is 1. The first-order chi connectivity index (χ1) is 11.5. The third-order valence-corrected chi connectivity index (χ3v) is 3.61. The minimum absolute atomic E-state index is 0.189. The van der Waals surface area contributed by atoms with E-state index in [1.165, 1.54) is 6.07 Å². The van der Waals surface area contributed by atoms with E-state index in [1.54, 1.807) is 36.7 Å². The Labute approximate surface area is 136 Å². The molecule has 0 fully saturated rings. The Morgan fingerprint density at radius 2 is 1.88 bits per heavy atom. The smallest absolute Gasteiger partial charge is 0.322 e. The lowest BCUT2D eigenvalue weighted by atomic mass is 9.97. The summed E-state index contributed by atoms with van der Waals surface area (Å²) in [4.78, 5) is 39.1. The highest BCUT2D eigenvalue weighted by Crippen LogP contribution is 2.38. The molecule has 0 bridgehead atoms. The number of hydrogen-bond donors (Lipinski definition) is 3. The average molecular weight is 324 g/mol. The standard InChI is InChI=1S/C17H12N2O5/c20-12(21)8-19-17(24)14-15(22)11-5-1-4-10(13(11)16(14)23)9-3-2-6-18-7-9/h1-7,23H,8H2,(H,19,24)(H,20,21). The Hall–Kier alpha value is -3.48. The summed E-state index contributed by atoms with van der Waals surface area (Å²) in [5.41, 5.74) is 1.22. The Morgan fingerprint density at radius 3 is 2.54 bits per heavy atom. The minimum Gasteiger partial charge on any atom is -0.506 e. The van der Waals surface area contributed by atoms with Crippen molar-refractivity contribution in [2.45, 2.75) is 0 Å². The van der Waals surface area contributed by atoms with Gasteiger partial charge < -0.3 is 15.5 Å². The molecule has 0 aliphatic heterocycles. The van der Waals surface area contributed by atoms with Gasteiger partial charge in [-0.2, -0.15) is 0 Å². The van der Waals surface area contributed by atoms with E-state index in [0.29, 0.717) is 11.1 Å². The molecule has 0 saturated heterocycles. The topological polar surface area (TPSA) is 117 Å². The molecule has 1 amide bonds. The van der Waals surface area contributed by atoms with E-state index in [2.05, 4.69) is 10.3 Å². The van der Waals surface area contributed by atoms with Crippen molar-refractivity contribution in [3.63, 3.8) is 0 Å². The van der Waals surface area contributed by atoms with Crippen molar-refractivity contribution in [3.05, 3.63) is 59.4 Å². The average Bonchev–Trinajstić information content (AvgIpc) is 2.85. The molecular weight excluding hydrogens is 312 g/mol. The molecule has 3 N–H and O–H groups in total. The Balaban J connectivity index is 2.08. The van der Waals surface area contributed by atoms with Crippen LogP contribution in [0, 0.1) is 0 Å². The van der Waals surface area contributed by atoms with Crippen LogP contribution in [-0.2, 0) is 9.59 Å². The highest BCUT2D eigenvalue weighted by molar-refractivity contribution is 6.34. The number of carboxylic acids is 1. The van der Waals surface area contributed by atoms with Crippen molar-refractivity contribution >= 4 is 23.4 Å². The van der Waals surface area contributed by atoms with Crippen molar-refractivity contribution in [2.75, 3.05) is 6.54 Å². The van der Waals surface area contributed by atoms with Crippen LogP contribution in [0.25, 0.3) is 16.9 Å². The summed E-state index contributed by atoms with van der Waals surface area (Å²) in [5, 5.41) is 21.1. The van der Waals surface area contributed by atoms with Crippen LogP contribution in [0.3, 0.4) is 0 Å². The van der Waals surface area contributed by atoms with E-state index >= 15 is 0 Å². The first kappa shape index (κ1) is 15.4. The lowest BCUT2D eigenvalue weighted by molar-refractivity contribution is -0.137. The largest absolute Gasteiger partial charge is 0.506 e. The second kappa shape index (κ2) is 5.96. The summed E-state index contributed by atoms with van der Waals surface area (Å²) in [5.74, 6) is -3.27. The normalized spacial score (nSPS) is 12.9. The van der Waals surface area contributed by atoms with Crippen molar-refractivity contribution < 1.29 is 24.6 Å². The first-order valence-corrected chi connectivity index (χ1v) is 7.02. The molecule has 7 heteroatoms. The molecule has 1 aromatic heterocycles. The van der Waals surface area contributed by atoms with Gasteiger partial charge in [-0.1, -0.05) is 24.3 Å². The predicted octanol–water partition coefficient (Wildman–Crippen LogP) is 1.41. The van der Waals surface area contributed by atoms with Crippen LogP contribution in [-0.4, -0.2) is 39.4 Å². The summed E-state index contributed by atoms with van der Waals surface area (Å²) < 4.78 is 0. The van der Waals surface area contributed by atoms with Crippen LogP contribution in [0.5, 0.6) is 0 Å². The number of amides is 1. The van der Waals surface area contributed by atoms with Gasteiger partial charge in [0.15, 0.2) is 0 Å². The summed E-state index contributed by atoms with van der Waals surface area (Å²) in [6.45, 7) is -0.644. The van der Waals surface area contributed by atoms with E-state index in [4.69, 9.17) is 5.11 Å². The summed E-state index contributed by atoms with van der Waals surface area (Å²) in [7, 11) is 0. The molecule has 0 saturated carbocycles. The second-order valence-electron chi connectivity index (χ2n) is 5.10. The van der Waals surface area contributed by atoms with Gasteiger partial charge in [-0.25, -0.2) is 0 Å². The number of carbonyl (C=O) groups is 3. The zero-order chi connectivity index (χ0) is 17.3. The molecule has 7 nitrogen and oxygen atoms in total. The number of aliphatic hydroxyl groups excluding tert-OH is 1. The number of rotatable bonds is 4. The van der Waals surface area contributed by atoms with Crippen LogP contribution in [0.4, 0.5) is 0 Å². The van der Waals surface area contributed by atoms with Crippen LogP contribution < -0.4 is 5.32 Å². The number of ketones is 1.